The lowest BCUT2D eigenvalue weighted by Gasteiger charge is -2.13. The van der Waals surface area contributed by atoms with E-state index in [1.165, 1.54) is 0 Å². The van der Waals surface area contributed by atoms with Crippen LogP contribution in [0.4, 0.5) is 0 Å². The van der Waals surface area contributed by atoms with Crippen LogP contribution in [0.1, 0.15) is 31.0 Å². The van der Waals surface area contributed by atoms with E-state index in [1.54, 1.807) is 4.68 Å². The van der Waals surface area contributed by atoms with Crippen LogP contribution in [0.3, 0.4) is 0 Å². The molecule has 0 aromatic carbocycles. The molecule has 2 rings (SSSR count). The van der Waals surface area contributed by atoms with Crippen LogP contribution in [0.2, 0.25) is 0 Å². The van der Waals surface area contributed by atoms with E-state index in [4.69, 9.17) is 0 Å². The van der Waals surface area contributed by atoms with Crippen molar-refractivity contribution in [2.45, 2.75) is 38.3 Å². The molecule has 0 radical (unpaired) electrons. The van der Waals surface area contributed by atoms with Gasteiger partial charge in [0.2, 0.25) is 0 Å². The number of aliphatic hydroxyl groups excluding tert-OH is 1. The first-order valence-corrected chi connectivity index (χ1v) is 4.34. The third-order valence-electron chi connectivity index (χ3n) is 2.41. The van der Waals surface area contributed by atoms with E-state index < -0.39 is 0 Å². The maximum atomic E-state index is 9.56. The van der Waals surface area contributed by atoms with E-state index in [0.717, 1.165) is 25.0 Å². The van der Waals surface area contributed by atoms with Crippen molar-refractivity contribution in [3.8, 4) is 0 Å². The van der Waals surface area contributed by atoms with Crippen LogP contribution in [0.25, 0.3) is 0 Å². The van der Waals surface area contributed by atoms with Crippen molar-refractivity contribution in [1.82, 2.24) is 15.0 Å². The maximum Gasteiger partial charge on any atom is 0.0796 e. The summed E-state index contributed by atoms with van der Waals surface area (Å²) in [7, 11) is 0. The Balaban J connectivity index is 2.19. The van der Waals surface area contributed by atoms with Crippen molar-refractivity contribution in [3.63, 3.8) is 0 Å². The molecular weight excluding hydrogens is 154 g/mol. The van der Waals surface area contributed by atoms with E-state index in [9.17, 15) is 5.11 Å². The molecule has 1 aromatic rings. The van der Waals surface area contributed by atoms with Crippen LogP contribution < -0.4 is 0 Å². The fourth-order valence-corrected chi connectivity index (χ4v) is 1.76. The van der Waals surface area contributed by atoms with Gasteiger partial charge in [-0.3, -0.25) is 0 Å². The topological polar surface area (TPSA) is 50.9 Å². The van der Waals surface area contributed by atoms with E-state index in [2.05, 4.69) is 10.3 Å². The zero-order valence-electron chi connectivity index (χ0n) is 7.14. The number of aryl methyl sites for hydroxylation is 1. The molecule has 0 unspecified atom stereocenters. The van der Waals surface area contributed by atoms with Gasteiger partial charge in [-0.1, -0.05) is 5.21 Å². The first kappa shape index (κ1) is 7.73. The summed E-state index contributed by atoms with van der Waals surface area (Å²) in [5.74, 6) is 0. The van der Waals surface area contributed by atoms with Crippen LogP contribution in [-0.4, -0.2) is 26.2 Å². The Kier molecular flexibility index (Phi) is 1.84. The molecule has 4 heteroatoms. The van der Waals surface area contributed by atoms with E-state index in [-0.39, 0.29) is 12.1 Å². The summed E-state index contributed by atoms with van der Waals surface area (Å²) in [4.78, 5) is 0. The lowest BCUT2D eigenvalue weighted by Crippen LogP contribution is -2.18. The normalized spacial score (nSPS) is 29.5. The molecule has 1 saturated carbocycles. The molecule has 12 heavy (non-hydrogen) atoms. The molecule has 0 aliphatic heterocycles. The largest absolute Gasteiger partial charge is 0.391 e. The van der Waals surface area contributed by atoms with Crippen molar-refractivity contribution < 1.29 is 5.11 Å². The summed E-state index contributed by atoms with van der Waals surface area (Å²) in [6.45, 7) is 1.91. The van der Waals surface area contributed by atoms with E-state index >= 15 is 0 Å². The smallest absolute Gasteiger partial charge is 0.0796 e. The lowest BCUT2D eigenvalue weighted by molar-refractivity contribution is 0.129. The number of rotatable bonds is 1. The lowest BCUT2D eigenvalue weighted by atomic mass is 10.2. The molecule has 1 heterocycles. The monoisotopic (exact) mass is 167 g/mol. The summed E-state index contributed by atoms with van der Waals surface area (Å²) in [5, 5.41) is 17.4. The number of hydrogen-bond donors (Lipinski definition) is 1. The van der Waals surface area contributed by atoms with E-state index in [0.29, 0.717) is 0 Å². The van der Waals surface area contributed by atoms with Crippen LogP contribution >= 0.6 is 0 Å². The minimum Gasteiger partial charge on any atom is -0.391 e. The quantitative estimate of drug-likeness (QED) is 0.669. The molecule has 4 nitrogen and oxygen atoms in total. The summed E-state index contributed by atoms with van der Waals surface area (Å²) < 4.78 is 1.78. The van der Waals surface area contributed by atoms with Gasteiger partial charge in [-0.05, 0) is 26.2 Å². The maximum absolute atomic E-state index is 9.56. The Morgan fingerprint density at radius 3 is 2.92 bits per heavy atom. The highest BCUT2D eigenvalue weighted by molar-refractivity contribution is 4.91. The highest BCUT2D eigenvalue weighted by atomic mass is 16.3. The highest BCUT2D eigenvalue weighted by Crippen LogP contribution is 2.28. The minimum atomic E-state index is -0.230. The zero-order valence-corrected chi connectivity index (χ0v) is 7.14. The molecule has 1 aliphatic rings. The molecule has 1 fully saturated rings. The molecular formula is C8H13N3O. The second-order valence-electron chi connectivity index (χ2n) is 3.41. The minimum absolute atomic E-state index is 0.159. The molecule has 0 saturated heterocycles. The molecule has 1 N–H and O–H groups in total. The van der Waals surface area contributed by atoms with Gasteiger partial charge < -0.3 is 5.11 Å². The van der Waals surface area contributed by atoms with Crippen molar-refractivity contribution in [2.75, 3.05) is 0 Å². The Morgan fingerprint density at radius 2 is 2.42 bits per heavy atom. The Bertz CT molecular complexity index is 271. The van der Waals surface area contributed by atoms with Gasteiger partial charge in [0.25, 0.3) is 0 Å². The van der Waals surface area contributed by atoms with Crippen molar-refractivity contribution in [2.24, 2.45) is 0 Å². The number of aliphatic hydroxyl groups is 1. The Morgan fingerprint density at radius 1 is 1.58 bits per heavy atom. The van der Waals surface area contributed by atoms with Gasteiger partial charge in [0.15, 0.2) is 0 Å². The first-order chi connectivity index (χ1) is 5.77. The molecule has 66 valence electrons. The average molecular weight is 167 g/mol. The predicted octanol–water partition coefficient (Wildman–Crippen LogP) is 0.672. The van der Waals surface area contributed by atoms with Gasteiger partial charge in [0.05, 0.1) is 17.8 Å². The van der Waals surface area contributed by atoms with Gasteiger partial charge in [-0.25, -0.2) is 4.68 Å². The second-order valence-corrected chi connectivity index (χ2v) is 3.41. The summed E-state index contributed by atoms with van der Waals surface area (Å²) in [6, 6.07) is 0.159. The molecule has 0 amide bonds. The van der Waals surface area contributed by atoms with Gasteiger partial charge in [-0.15, -0.1) is 5.10 Å². The van der Waals surface area contributed by atoms with Crippen molar-refractivity contribution in [1.29, 1.82) is 0 Å². The molecule has 1 aromatic heterocycles. The molecule has 0 spiro atoms. The highest BCUT2D eigenvalue weighted by Gasteiger charge is 2.27. The van der Waals surface area contributed by atoms with Crippen LogP contribution in [0.15, 0.2) is 6.20 Å². The Hall–Kier alpha value is -0.900. The summed E-state index contributed by atoms with van der Waals surface area (Å²) in [6.07, 6.45) is 4.66. The van der Waals surface area contributed by atoms with Crippen molar-refractivity contribution >= 4 is 0 Å². The molecule has 1 aliphatic carbocycles. The average Bonchev–Trinajstić information content (AvgIpc) is 2.58. The Labute approximate surface area is 71.2 Å². The fraction of sp³-hybridized carbons (Fsp3) is 0.750. The third-order valence-corrected chi connectivity index (χ3v) is 2.41. The van der Waals surface area contributed by atoms with Crippen LogP contribution in [0.5, 0.6) is 0 Å². The zero-order chi connectivity index (χ0) is 8.55. The summed E-state index contributed by atoms with van der Waals surface area (Å²) in [5.41, 5.74) is 0.911. The standard InChI is InChI=1S/C8H13N3O/c1-6-5-11(10-9-6)7-3-2-4-8(7)12/h5,7-8,12H,2-4H2,1H3/t7-,8-/m1/s1. The molecule has 2 atom stereocenters. The fourth-order valence-electron chi connectivity index (χ4n) is 1.76. The number of aromatic nitrogens is 3. The van der Waals surface area contributed by atoms with Gasteiger partial charge in [-0.2, -0.15) is 0 Å². The third kappa shape index (κ3) is 1.22. The van der Waals surface area contributed by atoms with Crippen LogP contribution in [-0.2, 0) is 0 Å². The van der Waals surface area contributed by atoms with Gasteiger partial charge >= 0.3 is 0 Å². The van der Waals surface area contributed by atoms with E-state index in [1.807, 2.05) is 13.1 Å². The summed E-state index contributed by atoms with van der Waals surface area (Å²) >= 11 is 0. The van der Waals surface area contributed by atoms with Gasteiger partial charge in [0, 0.05) is 6.20 Å². The predicted molar refractivity (Wildman–Crippen MR) is 43.7 cm³/mol. The molecule has 0 bridgehead atoms. The van der Waals surface area contributed by atoms with Gasteiger partial charge in [0.1, 0.15) is 0 Å². The number of nitrogens with zero attached hydrogens (tertiary/aromatic N) is 3. The number of hydrogen-bond acceptors (Lipinski definition) is 3. The van der Waals surface area contributed by atoms with Crippen LogP contribution in [0, 0.1) is 6.92 Å². The first-order valence-electron chi connectivity index (χ1n) is 4.34. The van der Waals surface area contributed by atoms with Crippen molar-refractivity contribution in [3.05, 3.63) is 11.9 Å². The SMILES string of the molecule is Cc1cn([C@@H]2CCC[C@H]2O)nn1. The second kappa shape index (κ2) is 2.86.